The number of methoxy groups -OCH3 is 1. The van der Waals surface area contributed by atoms with Crippen molar-refractivity contribution in [1.29, 1.82) is 0 Å². The third-order valence-corrected chi connectivity index (χ3v) is 2.78. The van der Waals surface area contributed by atoms with E-state index in [0.29, 0.717) is 5.56 Å². The summed E-state index contributed by atoms with van der Waals surface area (Å²) in [6.07, 6.45) is 2.84. The van der Waals surface area contributed by atoms with Gasteiger partial charge in [-0.1, -0.05) is 12.1 Å². The second kappa shape index (κ2) is 6.04. The fourth-order valence-electron chi connectivity index (χ4n) is 1.69. The van der Waals surface area contributed by atoms with Crippen LogP contribution in [0.1, 0.15) is 21.7 Å². The lowest BCUT2D eigenvalue weighted by Gasteiger charge is -2.02. The highest BCUT2D eigenvalue weighted by atomic mass is 16.5. The standard InChI is InChI=1S/C15H12O7/c1-21-14(19)13-12(18)7-9(22-15(13)20)4-2-8-3-5-10(16)11(17)6-8/h2-7,16-18H,1H3/b4-2+. The molecule has 7 nitrogen and oxygen atoms in total. The monoisotopic (exact) mass is 304 g/mol. The Balaban J connectivity index is 2.34. The molecule has 0 aliphatic rings. The van der Waals surface area contributed by atoms with E-state index in [1.165, 1.54) is 30.4 Å². The summed E-state index contributed by atoms with van der Waals surface area (Å²) in [5, 5.41) is 28.2. The molecule has 0 radical (unpaired) electrons. The summed E-state index contributed by atoms with van der Waals surface area (Å²) in [6, 6.07) is 5.20. The highest BCUT2D eigenvalue weighted by Crippen LogP contribution is 2.26. The zero-order valence-corrected chi connectivity index (χ0v) is 11.4. The van der Waals surface area contributed by atoms with Gasteiger partial charge < -0.3 is 24.5 Å². The summed E-state index contributed by atoms with van der Waals surface area (Å²) in [5.74, 6) is -2.11. The Hall–Kier alpha value is -3.22. The number of rotatable bonds is 3. The zero-order valence-electron chi connectivity index (χ0n) is 11.4. The number of phenols is 2. The Morgan fingerprint density at radius 1 is 1.09 bits per heavy atom. The predicted molar refractivity (Wildman–Crippen MR) is 76.7 cm³/mol. The number of hydrogen-bond donors (Lipinski definition) is 3. The van der Waals surface area contributed by atoms with Crippen molar-refractivity contribution in [3.05, 3.63) is 51.6 Å². The smallest absolute Gasteiger partial charge is 0.354 e. The third-order valence-electron chi connectivity index (χ3n) is 2.78. The van der Waals surface area contributed by atoms with Crippen molar-refractivity contribution in [3.63, 3.8) is 0 Å². The maximum Gasteiger partial charge on any atom is 0.354 e. The van der Waals surface area contributed by atoms with Gasteiger partial charge in [0, 0.05) is 6.07 Å². The van der Waals surface area contributed by atoms with Gasteiger partial charge in [0.1, 0.15) is 11.5 Å². The first kappa shape index (κ1) is 15.2. The quantitative estimate of drug-likeness (QED) is 0.583. The van der Waals surface area contributed by atoms with Crippen molar-refractivity contribution < 1.29 is 29.3 Å². The molecule has 0 saturated carbocycles. The number of benzene rings is 1. The zero-order chi connectivity index (χ0) is 16.3. The molecule has 1 heterocycles. The number of ether oxygens (including phenoxy) is 1. The molecule has 3 N–H and O–H groups in total. The number of carbonyl (C=O) groups excluding carboxylic acids is 1. The minimum atomic E-state index is -1.03. The molecule has 0 fully saturated rings. The van der Waals surface area contributed by atoms with Crippen molar-refractivity contribution in [1.82, 2.24) is 0 Å². The first-order chi connectivity index (χ1) is 10.4. The lowest BCUT2D eigenvalue weighted by molar-refractivity contribution is 0.0591. The SMILES string of the molecule is COC(=O)c1c(O)cc(/C=C/c2ccc(O)c(O)c2)oc1=O. The molecule has 0 saturated heterocycles. The minimum Gasteiger partial charge on any atom is -0.507 e. The van der Waals surface area contributed by atoms with Gasteiger partial charge in [-0.15, -0.1) is 0 Å². The summed E-state index contributed by atoms with van der Waals surface area (Å²) < 4.78 is 9.24. The maximum absolute atomic E-state index is 11.6. The van der Waals surface area contributed by atoms with Crippen molar-refractivity contribution >= 4 is 18.1 Å². The van der Waals surface area contributed by atoms with Gasteiger partial charge in [-0.05, 0) is 23.8 Å². The van der Waals surface area contributed by atoms with E-state index in [4.69, 9.17) is 4.42 Å². The molecule has 22 heavy (non-hydrogen) atoms. The lowest BCUT2D eigenvalue weighted by atomic mass is 10.1. The van der Waals surface area contributed by atoms with Crippen LogP contribution in [0.4, 0.5) is 0 Å². The predicted octanol–water partition coefficient (Wildman–Crippen LogP) is 1.71. The first-order valence-electron chi connectivity index (χ1n) is 6.08. The van der Waals surface area contributed by atoms with Crippen LogP contribution >= 0.6 is 0 Å². The van der Waals surface area contributed by atoms with Crippen LogP contribution in [0.5, 0.6) is 17.2 Å². The van der Waals surface area contributed by atoms with E-state index in [1.807, 2.05) is 0 Å². The van der Waals surface area contributed by atoms with Crippen molar-refractivity contribution in [2.75, 3.05) is 7.11 Å². The Bertz CT molecular complexity index is 802. The van der Waals surface area contributed by atoms with Gasteiger partial charge in [0.2, 0.25) is 0 Å². The Labute approximate surface area is 124 Å². The summed E-state index contributed by atoms with van der Waals surface area (Å²) >= 11 is 0. The van der Waals surface area contributed by atoms with Gasteiger partial charge in [0.05, 0.1) is 7.11 Å². The average molecular weight is 304 g/mol. The van der Waals surface area contributed by atoms with Crippen molar-refractivity contribution in [3.8, 4) is 17.2 Å². The molecule has 0 bridgehead atoms. The highest BCUT2D eigenvalue weighted by Gasteiger charge is 2.18. The molecule has 0 atom stereocenters. The van der Waals surface area contributed by atoms with Crippen LogP contribution in [-0.2, 0) is 4.74 Å². The average Bonchev–Trinajstić information content (AvgIpc) is 2.47. The second-order valence-corrected chi connectivity index (χ2v) is 4.27. The van der Waals surface area contributed by atoms with Crippen LogP contribution in [-0.4, -0.2) is 28.4 Å². The van der Waals surface area contributed by atoms with Gasteiger partial charge >= 0.3 is 11.6 Å². The number of aromatic hydroxyl groups is 3. The number of hydrogen-bond acceptors (Lipinski definition) is 7. The van der Waals surface area contributed by atoms with E-state index in [2.05, 4.69) is 4.74 Å². The van der Waals surface area contributed by atoms with Crippen LogP contribution in [0, 0.1) is 0 Å². The van der Waals surface area contributed by atoms with E-state index in [-0.39, 0.29) is 17.3 Å². The molecule has 1 aromatic heterocycles. The Kier molecular flexibility index (Phi) is 4.17. The molecule has 1 aromatic carbocycles. The molecule has 114 valence electrons. The molecule has 2 aromatic rings. The van der Waals surface area contributed by atoms with Gasteiger partial charge in [0.15, 0.2) is 17.1 Å². The van der Waals surface area contributed by atoms with E-state index >= 15 is 0 Å². The van der Waals surface area contributed by atoms with Gasteiger partial charge in [0.25, 0.3) is 0 Å². The molecule has 7 heteroatoms. The molecular formula is C15H12O7. The van der Waals surface area contributed by atoms with E-state index < -0.39 is 22.9 Å². The molecular weight excluding hydrogens is 292 g/mol. The highest BCUT2D eigenvalue weighted by molar-refractivity contribution is 5.91. The Morgan fingerprint density at radius 2 is 1.82 bits per heavy atom. The molecule has 0 unspecified atom stereocenters. The lowest BCUT2D eigenvalue weighted by Crippen LogP contribution is -2.15. The fraction of sp³-hybridized carbons (Fsp3) is 0.0667. The van der Waals surface area contributed by atoms with Gasteiger partial charge in [-0.3, -0.25) is 0 Å². The molecule has 0 spiro atoms. The summed E-state index contributed by atoms with van der Waals surface area (Å²) in [5.41, 5.74) is -1.09. The number of phenolic OH excluding ortho intramolecular Hbond substituents is 2. The van der Waals surface area contributed by atoms with E-state index in [0.717, 1.165) is 13.2 Å². The molecule has 0 amide bonds. The summed E-state index contributed by atoms with van der Waals surface area (Å²) in [4.78, 5) is 22.9. The van der Waals surface area contributed by atoms with E-state index in [9.17, 15) is 24.9 Å². The van der Waals surface area contributed by atoms with Crippen LogP contribution in [0.2, 0.25) is 0 Å². The Morgan fingerprint density at radius 3 is 2.41 bits per heavy atom. The molecule has 2 rings (SSSR count). The second-order valence-electron chi connectivity index (χ2n) is 4.27. The maximum atomic E-state index is 11.6. The minimum absolute atomic E-state index is 0.00252. The normalized spacial score (nSPS) is 10.8. The van der Waals surface area contributed by atoms with E-state index in [1.54, 1.807) is 0 Å². The van der Waals surface area contributed by atoms with Crippen LogP contribution < -0.4 is 5.63 Å². The fourth-order valence-corrected chi connectivity index (χ4v) is 1.69. The van der Waals surface area contributed by atoms with Gasteiger partial charge in [-0.2, -0.15) is 0 Å². The largest absolute Gasteiger partial charge is 0.507 e. The third kappa shape index (κ3) is 3.09. The topological polar surface area (TPSA) is 117 Å². The van der Waals surface area contributed by atoms with Crippen LogP contribution in [0.25, 0.3) is 12.2 Å². The van der Waals surface area contributed by atoms with Crippen molar-refractivity contribution in [2.45, 2.75) is 0 Å². The van der Waals surface area contributed by atoms with Crippen LogP contribution in [0.15, 0.2) is 33.5 Å². The number of esters is 1. The van der Waals surface area contributed by atoms with Crippen molar-refractivity contribution in [2.24, 2.45) is 0 Å². The first-order valence-corrected chi connectivity index (χ1v) is 6.08. The molecule has 0 aliphatic heterocycles. The summed E-state index contributed by atoms with van der Waals surface area (Å²) in [7, 11) is 1.08. The van der Waals surface area contributed by atoms with Crippen LogP contribution in [0.3, 0.4) is 0 Å². The van der Waals surface area contributed by atoms with Gasteiger partial charge in [-0.25, -0.2) is 9.59 Å². The number of carbonyl (C=O) groups is 1. The molecule has 0 aliphatic carbocycles. The summed E-state index contributed by atoms with van der Waals surface area (Å²) in [6.45, 7) is 0.